The van der Waals surface area contributed by atoms with E-state index in [-0.39, 0.29) is 46.7 Å². The van der Waals surface area contributed by atoms with Crippen LogP contribution in [0.5, 0.6) is 0 Å². The fourth-order valence-corrected chi connectivity index (χ4v) is 5.38. The van der Waals surface area contributed by atoms with Gasteiger partial charge in [0, 0.05) is 20.0 Å². The van der Waals surface area contributed by atoms with E-state index in [1.807, 2.05) is 6.92 Å². The lowest BCUT2D eigenvalue weighted by molar-refractivity contribution is -0.128. The number of halogens is 5. The van der Waals surface area contributed by atoms with Crippen molar-refractivity contribution in [3.05, 3.63) is 59.4 Å². The predicted octanol–water partition coefficient (Wildman–Crippen LogP) is 5.80. The number of benzene rings is 1. The Kier molecular flexibility index (Phi) is 6.97. The number of nitrogens with one attached hydrogen (secondary N) is 2. The summed E-state index contributed by atoms with van der Waals surface area (Å²) in [5.41, 5.74) is -0.249. The van der Waals surface area contributed by atoms with E-state index in [4.69, 9.17) is 9.47 Å². The van der Waals surface area contributed by atoms with Crippen molar-refractivity contribution in [2.45, 2.75) is 63.3 Å². The summed E-state index contributed by atoms with van der Waals surface area (Å²) < 4.78 is 78.0. The summed E-state index contributed by atoms with van der Waals surface area (Å²) >= 11 is 0. The van der Waals surface area contributed by atoms with Crippen molar-refractivity contribution < 1.29 is 38.5 Å². The molecule has 0 aliphatic carbocycles. The van der Waals surface area contributed by atoms with Gasteiger partial charge < -0.3 is 25.0 Å². The molecular formula is C25H30F5N5O4S. The van der Waals surface area contributed by atoms with Gasteiger partial charge in [0.05, 0.1) is 29.3 Å². The van der Waals surface area contributed by atoms with Crippen LogP contribution in [0.15, 0.2) is 41.7 Å². The molecule has 0 saturated carbocycles. The number of aromatic nitrogens is 2. The lowest BCUT2D eigenvalue weighted by Crippen LogP contribution is -2.49. The maximum atomic E-state index is 13.4. The third kappa shape index (κ3) is 6.74. The molecule has 0 spiro atoms. The number of nitrogens with zero attached hydrogens (tertiary/aromatic N) is 3. The van der Waals surface area contributed by atoms with Crippen LogP contribution in [0.1, 0.15) is 62.2 Å². The molecule has 2 atom stereocenters. The molecule has 1 aromatic heterocycles. The summed E-state index contributed by atoms with van der Waals surface area (Å²) in [7, 11) is -9.89. The SMILES string of the molecule is CC(=O)N1CCC(C)(NC(=O)Cc2nc(C)nc(N[C@H](C)c3cccc(S(F)(F)(F)(F)F)c3)c2C2OC=CO2)C1. The number of aryl methyl sites for hydroxylation is 1. The molecule has 0 bridgehead atoms. The van der Waals surface area contributed by atoms with Gasteiger partial charge >= 0.3 is 10.2 Å². The fourth-order valence-electron chi connectivity index (χ4n) is 4.68. The highest BCUT2D eigenvalue weighted by atomic mass is 32.5. The summed E-state index contributed by atoms with van der Waals surface area (Å²) in [5.74, 6) is -0.140. The molecule has 3 heterocycles. The van der Waals surface area contributed by atoms with Crippen molar-refractivity contribution in [1.82, 2.24) is 20.2 Å². The van der Waals surface area contributed by atoms with E-state index in [2.05, 4.69) is 20.6 Å². The number of hydrogen-bond donors (Lipinski definition) is 2. The Morgan fingerprint density at radius 2 is 1.85 bits per heavy atom. The smallest absolute Gasteiger partial charge is 0.310 e. The maximum absolute atomic E-state index is 13.4. The monoisotopic (exact) mass is 591 g/mol. The molecule has 1 aromatic carbocycles. The molecule has 1 fully saturated rings. The van der Waals surface area contributed by atoms with Gasteiger partial charge in [-0.1, -0.05) is 31.6 Å². The molecule has 2 amide bonds. The number of carbonyl (C=O) groups is 2. The highest BCUT2D eigenvalue weighted by Gasteiger charge is 2.65. The number of amides is 2. The van der Waals surface area contributed by atoms with Crippen LogP contribution >= 0.6 is 10.2 Å². The molecule has 4 rings (SSSR count). The van der Waals surface area contributed by atoms with Crippen LogP contribution in [0.4, 0.5) is 25.2 Å². The average molecular weight is 592 g/mol. The Labute approximate surface area is 227 Å². The number of hydrogen-bond acceptors (Lipinski definition) is 7. The van der Waals surface area contributed by atoms with Gasteiger partial charge in [0.2, 0.25) is 11.8 Å². The van der Waals surface area contributed by atoms with Crippen molar-refractivity contribution in [3.63, 3.8) is 0 Å². The maximum Gasteiger partial charge on any atom is 0.310 e. The zero-order valence-corrected chi connectivity index (χ0v) is 23.0. The molecule has 40 heavy (non-hydrogen) atoms. The van der Waals surface area contributed by atoms with Crippen LogP contribution in [-0.4, -0.2) is 45.3 Å². The summed E-state index contributed by atoms with van der Waals surface area (Å²) in [6.07, 6.45) is 1.82. The van der Waals surface area contributed by atoms with Crippen molar-refractivity contribution in [2.75, 3.05) is 18.4 Å². The van der Waals surface area contributed by atoms with Crippen LogP contribution in [0.25, 0.3) is 0 Å². The Morgan fingerprint density at radius 3 is 2.45 bits per heavy atom. The van der Waals surface area contributed by atoms with E-state index in [9.17, 15) is 29.0 Å². The Morgan fingerprint density at radius 1 is 1.18 bits per heavy atom. The van der Waals surface area contributed by atoms with E-state index in [1.54, 1.807) is 11.8 Å². The highest BCUT2D eigenvalue weighted by molar-refractivity contribution is 8.45. The van der Waals surface area contributed by atoms with Gasteiger partial charge in [0.25, 0.3) is 6.29 Å². The molecule has 220 valence electrons. The van der Waals surface area contributed by atoms with Crippen molar-refractivity contribution >= 4 is 27.9 Å². The summed E-state index contributed by atoms with van der Waals surface area (Å²) in [6, 6.07) is 2.01. The van der Waals surface area contributed by atoms with E-state index < -0.39 is 33.0 Å². The van der Waals surface area contributed by atoms with Gasteiger partial charge in [-0.25, -0.2) is 9.97 Å². The van der Waals surface area contributed by atoms with E-state index >= 15 is 0 Å². The van der Waals surface area contributed by atoms with Crippen molar-refractivity contribution in [3.8, 4) is 0 Å². The number of rotatable bonds is 8. The molecule has 9 nitrogen and oxygen atoms in total. The zero-order chi connectivity index (χ0) is 29.6. The Bertz CT molecular complexity index is 1370. The van der Waals surface area contributed by atoms with Crippen LogP contribution in [0.3, 0.4) is 0 Å². The predicted molar refractivity (Wildman–Crippen MR) is 138 cm³/mol. The van der Waals surface area contributed by atoms with Gasteiger partial charge in [0.15, 0.2) is 0 Å². The number of anilines is 1. The quantitative estimate of drug-likeness (QED) is 0.374. The Hall–Kier alpha value is -3.62. The van der Waals surface area contributed by atoms with Gasteiger partial charge in [-0.3, -0.25) is 9.59 Å². The lowest BCUT2D eigenvalue weighted by atomic mass is 10.0. The molecule has 0 radical (unpaired) electrons. The topological polar surface area (TPSA) is 106 Å². The molecule has 2 aliphatic rings. The van der Waals surface area contributed by atoms with E-state index in [1.165, 1.54) is 32.4 Å². The fraction of sp³-hybridized carbons (Fsp3) is 0.440. The molecule has 2 aliphatic heterocycles. The van der Waals surface area contributed by atoms with Crippen LogP contribution in [0, 0.1) is 6.92 Å². The first-order valence-electron chi connectivity index (χ1n) is 12.3. The zero-order valence-electron chi connectivity index (χ0n) is 22.2. The van der Waals surface area contributed by atoms with Crippen LogP contribution < -0.4 is 10.6 Å². The van der Waals surface area contributed by atoms with E-state index in [0.29, 0.717) is 31.6 Å². The molecular weight excluding hydrogens is 561 g/mol. The summed E-state index contributed by atoms with van der Waals surface area (Å²) in [6.45, 7) is 7.20. The minimum atomic E-state index is -9.89. The molecule has 2 N–H and O–H groups in total. The normalized spacial score (nSPS) is 21.7. The third-order valence-corrected chi connectivity index (χ3v) is 7.82. The lowest BCUT2D eigenvalue weighted by Gasteiger charge is -2.40. The molecule has 1 unspecified atom stereocenters. The number of carbonyl (C=O) groups excluding carboxylic acids is 2. The average Bonchev–Trinajstić information content (AvgIpc) is 3.47. The summed E-state index contributed by atoms with van der Waals surface area (Å²) in [4.78, 5) is 33.2. The van der Waals surface area contributed by atoms with E-state index in [0.717, 1.165) is 6.07 Å². The second kappa shape index (κ2) is 9.49. The van der Waals surface area contributed by atoms with Gasteiger partial charge in [0.1, 0.15) is 29.1 Å². The molecule has 2 aromatic rings. The van der Waals surface area contributed by atoms with Crippen molar-refractivity contribution in [1.29, 1.82) is 0 Å². The second-order valence-corrected chi connectivity index (χ2v) is 12.6. The largest absolute Gasteiger partial charge is 0.455 e. The summed E-state index contributed by atoms with van der Waals surface area (Å²) in [5, 5.41) is 5.90. The van der Waals surface area contributed by atoms with Crippen molar-refractivity contribution in [2.24, 2.45) is 0 Å². The highest BCUT2D eigenvalue weighted by Crippen LogP contribution is 3.02. The first-order chi connectivity index (χ1) is 18.3. The van der Waals surface area contributed by atoms with Gasteiger partial charge in [-0.15, -0.1) is 0 Å². The third-order valence-electron chi connectivity index (χ3n) is 6.68. The van der Waals surface area contributed by atoms with Crippen LogP contribution in [-0.2, 0) is 25.5 Å². The minimum absolute atomic E-state index is 0.0668. The van der Waals surface area contributed by atoms with Gasteiger partial charge in [-0.05, 0) is 44.9 Å². The standard InChI is InChI=1S/C25H30F5N5O4S/c1-15(18-6-5-7-19(12-18)40(26,27,28,29)30)31-23-22(24-38-10-11-39-24)20(32-16(2)33-23)13-21(37)34-25(4)8-9-35(14-25)17(3)36/h5-7,10-12,15,24H,8-9,13-14H2,1-4H3,(H,34,37)(H,31,32,33)/t15-,25?/m1/s1. The number of likely N-dealkylation sites (tertiary alicyclic amines) is 1. The molecule has 15 heteroatoms. The molecule has 1 saturated heterocycles. The first kappa shape index (κ1) is 29.4. The minimum Gasteiger partial charge on any atom is -0.455 e. The second-order valence-electron chi connectivity index (χ2n) is 10.2. The van der Waals surface area contributed by atoms with Gasteiger partial charge in [-0.2, -0.15) is 0 Å². The number of ether oxygens (including phenoxy) is 2. The first-order valence-corrected chi connectivity index (χ1v) is 14.3. The van der Waals surface area contributed by atoms with Crippen LogP contribution in [0.2, 0.25) is 0 Å². The Balaban J connectivity index is 1.62.